The van der Waals surface area contributed by atoms with Crippen LogP contribution in [0.15, 0.2) is 0 Å². The van der Waals surface area contributed by atoms with Gasteiger partial charge in [-0.15, -0.1) is 0 Å². The van der Waals surface area contributed by atoms with Gasteiger partial charge in [0, 0.05) is 4.28 Å². The average Bonchev–Trinajstić information content (AvgIpc) is 3.11. The summed E-state index contributed by atoms with van der Waals surface area (Å²) >= 11 is 0. The van der Waals surface area contributed by atoms with Crippen molar-refractivity contribution in [3.63, 3.8) is 0 Å². The van der Waals surface area contributed by atoms with Crippen LogP contribution in [0.3, 0.4) is 0 Å². The molecule has 6 aliphatic carbocycles. The topological polar surface area (TPSA) is 94.5 Å². The fourth-order valence-electron chi connectivity index (χ4n) is 10.2. The van der Waals surface area contributed by atoms with Crippen molar-refractivity contribution in [3.05, 3.63) is 0 Å². The van der Waals surface area contributed by atoms with E-state index in [0.717, 1.165) is 94.7 Å². The van der Waals surface area contributed by atoms with Gasteiger partial charge in [-0.05, 0) is 108 Å². The molecule has 0 amide bonds. The second-order valence-corrected chi connectivity index (χ2v) is 22.1. The quantitative estimate of drug-likeness (QED) is 0.234. The summed E-state index contributed by atoms with van der Waals surface area (Å²) in [6.07, 6.45) is 29.4. The molecule has 3 heteroatoms. The molecule has 55 heavy (non-hydrogen) atoms. The van der Waals surface area contributed by atoms with E-state index in [1.807, 2.05) is 0 Å². The number of rotatable bonds is 0. The predicted octanol–water partition coefficient (Wildman–Crippen LogP) is 16.2. The summed E-state index contributed by atoms with van der Waals surface area (Å²) in [4.78, 5) is 0. The Bertz CT molecular complexity index is 684. The van der Waals surface area contributed by atoms with Gasteiger partial charge in [0.1, 0.15) is 0 Å². The molecule has 6 rings (SSSR count). The molecule has 0 heterocycles. The zero-order chi connectivity index (χ0) is 39.4. The molecular weight excluding hydrogens is 673 g/mol. The van der Waals surface area contributed by atoms with E-state index < -0.39 is 0 Å². The third-order valence-electron chi connectivity index (χ3n) is 16.3. The molecule has 0 aliphatic heterocycles. The molecule has 6 atom stereocenters. The second kappa shape index (κ2) is 32.7. The molecule has 0 aromatic heterocycles. The van der Waals surface area contributed by atoms with Gasteiger partial charge in [-0.2, -0.15) is 0 Å². The van der Waals surface area contributed by atoms with E-state index in [1.165, 1.54) is 128 Å². The summed E-state index contributed by atoms with van der Waals surface area (Å²) in [5.41, 5.74) is 0. The summed E-state index contributed by atoms with van der Waals surface area (Å²) in [6, 6.07) is 0. The average molecular weight is 791 g/mol. The summed E-state index contributed by atoms with van der Waals surface area (Å²) in [7, 11) is 0. The summed E-state index contributed by atoms with van der Waals surface area (Å²) in [6.45, 7) is 38.1. The summed E-state index contributed by atoms with van der Waals surface area (Å²) in [5, 5.41) is 0. The highest BCUT2D eigenvalue weighted by Gasteiger charge is 2.29. The highest BCUT2D eigenvalue weighted by molar-refractivity contribution is 4.79. The Labute approximate surface area is 353 Å². The van der Waals surface area contributed by atoms with Crippen molar-refractivity contribution in [1.29, 1.82) is 0 Å². The summed E-state index contributed by atoms with van der Waals surface area (Å²) in [5.74, 6) is 15.8. The Hall–Kier alpha value is -0.120. The molecule has 3 nitrogen and oxygen atoms in total. The lowest BCUT2D eigenvalue weighted by atomic mass is 9.69. The van der Waals surface area contributed by atoms with E-state index >= 15 is 0 Å². The van der Waals surface area contributed by atoms with Crippen LogP contribution in [0.25, 0.3) is 0 Å². The van der Waals surface area contributed by atoms with Crippen LogP contribution in [0.4, 0.5) is 0 Å². The van der Waals surface area contributed by atoms with Crippen LogP contribution in [-0.2, 0) is 0 Å². The molecule has 6 fully saturated rings. The van der Waals surface area contributed by atoms with Gasteiger partial charge < -0.3 is 16.4 Å². The van der Waals surface area contributed by atoms with Crippen molar-refractivity contribution < 1.29 is 20.7 Å². The lowest BCUT2D eigenvalue weighted by Gasteiger charge is -2.36. The van der Waals surface area contributed by atoms with Crippen LogP contribution < -0.4 is 0 Å². The van der Waals surface area contributed by atoms with Gasteiger partial charge in [0.15, 0.2) is 0 Å². The van der Waals surface area contributed by atoms with E-state index in [-0.39, 0.29) is 20.7 Å². The van der Waals surface area contributed by atoms with Gasteiger partial charge in [0.05, 0.1) is 0 Å². The monoisotopic (exact) mass is 790 g/mol. The molecule has 6 saturated carbocycles. The second-order valence-electron chi connectivity index (χ2n) is 22.1. The van der Waals surface area contributed by atoms with Crippen LogP contribution >= 0.6 is 0 Å². The molecule has 0 bridgehead atoms. The maximum absolute atomic E-state index is 2.41. The van der Waals surface area contributed by atoms with Gasteiger partial charge in [-0.25, -0.2) is 0 Å². The third-order valence-corrected chi connectivity index (χ3v) is 16.3. The van der Waals surface area contributed by atoms with Crippen molar-refractivity contribution in [2.45, 2.75) is 239 Å². The largest absolute Gasteiger partial charge is 0.412 e. The van der Waals surface area contributed by atoms with Gasteiger partial charge in [0.2, 0.25) is 0 Å². The van der Waals surface area contributed by atoms with Crippen LogP contribution in [0.2, 0.25) is 0 Å². The molecule has 0 spiro atoms. The smallest absolute Gasteiger partial charge is 0 e. The molecule has 0 saturated heterocycles. The van der Waals surface area contributed by atoms with Crippen molar-refractivity contribution in [1.82, 2.24) is 0 Å². The first kappa shape index (κ1) is 59.2. The number of hydrogen-bond acceptors (Lipinski definition) is 0. The molecule has 0 aromatic rings. The molecule has 0 radical (unpaired) electrons. The van der Waals surface area contributed by atoms with Crippen LogP contribution in [0.1, 0.15) is 243 Å². The van der Waals surface area contributed by atoms with Crippen molar-refractivity contribution in [3.8, 4) is 0 Å². The molecule has 6 unspecified atom stereocenters. The van der Waals surface area contributed by atoms with Crippen LogP contribution in [0, 0.1) is 94.7 Å². The minimum absolute atomic E-state index is 0. The summed E-state index contributed by atoms with van der Waals surface area (Å²) < 4.78 is 0. The normalized spacial score (nSPS) is 41.0. The van der Waals surface area contributed by atoms with Crippen molar-refractivity contribution >= 4 is 0 Å². The van der Waals surface area contributed by atoms with E-state index in [2.05, 4.69) is 111 Å². The maximum atomic E-state index is 2.41. The van der Waals surface area contributed by atoms with E-state index in [1.54, 1.807) is 0 Å². The van der Waals surface area contributed by atoms with Crippen molar-refractivity contribution in [2.24, 2.45) is 94.7 Å². The first-order chi connectivity index (χ1) is 24.4. The molecule has 6 N–H and O–H groups in total. The molecule has 342 valence electrons. The zero-order valence-corrected chi connectivity index (χ0v) is 40.9. The van der Waals surface area contributed by atoms with Gasteiger partial charge in [0.25, 0.3) is 0 Å². The fraction of sp³-hybridized carbons (Fsp3) is 1.00. The maximum Gasteiger partial charge on any atom is 0 e. The fourth-order valence-corrected chi connectivity index (χ4v) is 10.2. The minimum Gasteiger partial charge on any atom is -0.412 e. The van der Waals surface area contributed by atoms with E-state index in [0.29, 0.717) is 0 Å². The zero-order valence-electron chi connectivity index (χ0n) is 40.9. The van der Waals surface area contributed by atoms with Gasteiger partial charge >= 0.3 is 0 Å². The van der Waals surface area contributed by atoms with E-state index in [4.69, 9.17) is 0 Å². The van der Waals surface area contributed by atoms with Crippen LogP contribution in [0.5, 0.6) is 0 Å². The Morgan fingerprint density at radius 3 is 0.545 bits per heavy atom. The van der Waals surface area contributed by atoms with E-state index in [9.17, 15) is 0 Å². The Morgan fingerprint density at radius 1 is 0.218 bits per heavy atom. The molecular formula is C52H116O3. The minimum atomic E-state index is 0. The Balaban J connectivity index is -0.000000137. The Kier molecular flexibility index (Phi) is 35.2. The molecule has 6 aliphatic rings. The molecule has 0 aromatic carbocycles. The Morgan fingerprint density at radius 2 is 0.382 bits per heavy atom. The lowest BCUT2D eigenvalue weighted by molar-refractivity contribution is 0.137. The standard InChI is InChI=1S/2C10H20.4C8H16.3H2O.3H2/c1-7-5-8(2)10(4)9(3)6-7;1-7-5-6-8(2)10(4)9(7)3;4*1-7-3-5-8(2)6-4-7;;;;;;/h2*7-10H,5-6H2,1-4H3;4*7-8H,3-6H2,1-2H3;3*1H2;3*1H/i;;;;;;;;;1+1;;. The predicted molar refractivity (Wildman–Crippen MR) is 256 cm³/mol. The number of hydrogen-bond donors (Lipinski definition) is 0. The lowest BCUT2D eigenvalue weighted by Crippen LogP contribution is -2.27. The first-order valence-electron chi connectivity index (χ1n) is 24.4. The first-order valence-corrected chi connectivity index (χ1v) is 24.4. The van der Waals surface area contributed by atoms with Gasteiger partial charge in [-0.1, -0.05) is 226 Å². The highest BCUT2D eigenvalue weighted by Crippen LogP contribution is 2.38. The highest BCUT2D eigenvalue weighted by atomic mass is 16.0. The van der Waals surface area contributed by atoms with Gasteiger partial charge in [-0.3, -0.25) is 0 Å². The van der Waals surface area contributed by atoms with Crippen LogP contribution in [-0.4, -0.2) is 16.4 Å². The third kappa shape index (κ3) is 27.3. The SMILES string of the molecule is CC1CC(C)C(C)C(C)C1.CC1CCC(C)C(C)C1C.CC1CCC(C)CC1.CC1CCC(C)CC1.CC1CCC(C)CC1.CC1CCC(C)CC1.O.O.O.[2HH].[HH].[HH]. The van der Waals surface area contributed by atoms with Crippen molar-refractivity contribution in [2.75, 3.05) is 0 Å².